The predicted octanol–water partition coefficient (Wildman–Crippen LogP) is 2.77. The average molecular weight is 269 g/mol. The Labute approximate surface area is 113 Å². The topological polar surface area (TPSA) is 64.9 Å². The van der Waals surface area contributed by atoms with Crippen molar-refractivity contribution in [3.8, 4) is 0 Å². The highest BCUT2D eigenvalue weighted by Crippen LogP contribution is 2.38. The Hall–Kier alpha value is -0.550. The highest BCUT2D eigenvalue weighted by molar-refractivity contribution is 7.98. The quantitative estimate of drug-likeness (QED) is 0.860. The smallest absolute Gasteiger partial charge is 0.227 e. The van der Waals surface area contributed by atoms with Gasteiger partial charge in [-0.25, -0.2) is 0 Å². The third-order valence-corrected chi connectivity index (χ3v) is 4.69. The van der Waals surface area contributed by atoms with E-state index in [1.807, 2.05) is 11.8 Å². The Morgan fingerprint density at radius 3 is 2.78 bits per heavy atom. The van der Waals surface area contributed by atoms with Gasteiger partial charge in [0.2, 0.25) is 5.89 Å². The molecule has 0 saturated heterocycles. The lowest BCUT2D eigenvalue weighted by atomic mass is 9.72. The third-order valence-electron chi connectivity index (χ3n) is 3.82. The van der Waals surface area contributed by atoms with Gasteiger partial charge in [-0.05, 0) is 30.6 Å². The molecule has 4 nitrogen and oxygen atoms in total. The summed E-state index contributed by atoms with van der Waals surface area (Å²) in [6.07, 6.45) is 7.15. The molecule has 0 aromatic carbocycles. The third kappa shape index (κ3) is 3.48. The molecule has 0 bridgehead atoms. The SMILES string of the molecule is CCSCc1noc(CC2(CN)CCCCC2)n1. The minimum absolute atomic E-state index is 0.208. The molecule has 0 spiro atoms. The van der Waals surface area contributed by atoms with Gasteiger partial charge in [0.1, 0.15) is 0 Å². The van der Waals surface area contributed by atoms with Crippen molar-refractivity contribution >= 4 is 11.8 Å². The number of nitrogens with zero attached hydrogens (tertiary/aromatic N) is 2. The zero-order valence-electron chi connectivity index (χ0n) is 11.2. The Balaban J connectivity index is 1.96. The zero-order valence-corrected chi connectivity index (χ0v) is 12.0. The normalized spacial score (nSPS) is 19.0. The molecule has 0 aliphatic heterocycles. The van der Waals surface area contributed by atoms with Crippen molar-refractivity contribution in [3.05, 3.63) is 11.7 Å². The summed E-state index contributed by atoms with van der Waals surface area (Å²) in [6, 6.07) is 0. The first-order valence-corrected chi connectivity index (χ1v) is 8.03. The van der Waals surface area contributed by atoms with Gasteiger partial charge in [-0.15, -0.1) is 0 Å². The second-order valence-corrected chi connectivity index (χ2v) is 6.46. The van der Waals surface area contributed by atoms with Crippen molar-refractivity contribution in [1.29, 1.82) is 0 Å². The van der Waals surface area contributed by atoms with E-state index in [0.29, 0.717) is 0 Å². The largest absolute Gasteiger partial charge is 0.339 e. The number of rotatable bonds is 6. The molecule has 1 aromatic heterocycles. The van der Waals surface area contributed by atoms with E-state index in [4.69, 9.17) is 10.3 Å². The van der Waals surface area contributed by atoms with E-state index in [1.165, 1.54) is 32.1 Å². The molecule has 0 radical (unpaired) electrons. The average Bonchev–Trinajstić information content (AvgIpc) is 2.85. The molecule has 2 N–H and O–H groups in total. The first-order valence-electron chi connectivity index (χ1n) is 6.87. The van der Waals surface area contributed by atoms with Gasteiger partial charge in [-0.2, -0.15) is 16.7 Å². The standard InChI is InChI=1S/C13H23N3OS/c1-2-18-9-11-15-12(17-16-11)8-13(10-14)6-4-3-5-7-13/h2-10,14H2,1H3. The number of hydrogen-bond donors (Lipinski definition) is 1. The van der Waals surface area contributed by atoms with Crippen molar-refractivity contribution in [1.82, 2.24) is 10.1 Å². The summed E-state index contributed by atoms with van der Waals surface area (Å²) in [4.78, 5) is 4.48. The molecule has 18 heavy (non-hydrogen) atoms. The van der Waals surface area contributed by atoms with Crippen LogP contribution in [0, 0.1) is 5.41 Å². The monoisotopic (exact) mass is 269 g/mol. The molecule has 102 valence electrons. The number of aromatic nitrogens is 2. The van der Waals surface area contributed by atoms with Crippen LogP contribution < -0.4 is 5.73 Å². The molecule has 1 heterocycles. The number of hydrogen-bond acceptors (Lipinski definition) is 5. The van der Waals surface area contributed by atoms with Crippen molar-refractivity contribution in [3.63, 3.8) is 0 Å². The summed E-state index contributed by atoms with van der Waals surface area (Å²) >= 11 is 1.82. The minimum atomic E-state index is 0.208. The highest BCUT2D eigenvalue weighted by atomic mass is 32.2. The fourth-order valence-corrected chi connectivity index (χ4v) is 3.19. The summed E-state index contributed by atoms with van der Waals surface area (Å²) < 4.78 is 5.36. The molecule has 0 unspecified atom stereocenters. The molecule has 1 fully saturated rings. The van der Waals surface area contributed by atoms with E-state index < -0.39 is 0 Å². The second kappa shape index (κ2) is 6.57. The first kappa shape index (κ1) is 13.9. The van der Waals surface area contributed by atoms with E-state index in [9.17, 15) is 0 Å². The van der Waals surface area contributed by atoms with Crippen molar-refractivity contribution in [2.45, 2.75) is 51.2 Å². The lowest BCUT2D eigenvalue weighted by molar-refractivity contribution is 0.177. The zero-order chi connectivity index (χ0) is 12.8. The Morgan fingerprint density at radius 1 is 1.33 bits per heavy atom. The maximum absolute atomic E-state index is 5.98. The van der Waals surface area contributed by atoms with Gasteiger partial charge in [0, 0.05) is 6.42 Å². The molecule has 0 atom stereocenters. The van der Waals surface area contributed by atoms with Crippen LogP contribution in [0.3, 0.4) is 0 Å². The van der Waals surface area contributed by atoms with Crippen LogP contribution in [-0.2, 0) is 12.2 Å². The maximum Gasteiger partial charge on any atom is 0.227 e. The highest BCUT2D eigenvalue weighted by Gasteiger charge is 2.32. The van der Waals surface area contributed by atoms with Crippen molar-refractivity contribution < 1.29 is 4.52 Å². The molecule has 1 aliphatic carbocycles. The van der Waals surface area contributed by atoms with Gasteiger partial charge < -0.3 is 10.3 Å². The maximum atomic E-state index is 5.98. The molecular formula is C13H23N3OS. The first-order chi connectivity index (χ1) is 8.78. The molecule has 2 rings (SSSR count). The minimum Gasteiger partial charge on any atom is -0.339 e. The molecule has 5 heteroatoms. The summed E-state index contributed by atoms with van der Waals surface area (Å²) in [5.74, 6) is 3.51. The number of nitrogens with two attached hydrogens (primary N) is 1. The summed E-state index contributed by atoms with van der Waals surface area (Å²) in [6.45, 7) is 2.87. The van der Waals surface area contributed by atoms with Crippen LogP contribution in [-0.4, -0.2) is 22.4 Å². The van der Waals surface area contributed by atoms with Gasteiger partial charge in [-0.1, -0.05) is 31.3 Å². The van der Waals surface area contributed by atoms with Crippen LogP contribution in [0.2, 0.25) is 0 Å². The van der Waals surface area contributed by atoms with Gasteiger partial charge in [0.05, 0.1) is 5.75 Å². The van der Waals surface area contributed by atoms with Gasteiger partial charge in [0.25, 0.3) is 0 Å². The van der Waals surface area contributed by atoms with E-state index >= 15 is 0 Å². The van der Waals surface area contributed by atoms with Gasteiger partial charge in [0.15, 0.2) is 5.82 Å². The van der Waals surface area contributed by atoms with Gasteiger partial charge >= 0.3 is 0 Å². The summed E-state index contributed by atoms with van der Waals surface area (Å²) in [5, 5.41) is 4.04. The van der Waals surface area contributed by atoms with E-state index in [1.54, 1.807) is 0 Å². The molecule has 1 aromatic rings. The van der Waals surface area contributed by atoms with Crippen LogP contribution in [0.25, 0.3) is 0 Å². The van der Waals surface area contributed by atoms with Gasteiger partial charge in [-0.3, -0.25) is 0 Å². The fraction of sp³-hybridized carbons (Fsp3) is 0.846. The summed E-state index contributed by atoms with van der Waals surface area (Å²) in [5.41, 5.74) is 6.19. The van der Waals surface area contributed by atoms with Crippen molar-refractivity contribution in [2.75, 3.05) is 12.3 Å². The van der Waals surface area contributed by atoms with Crippen LogP contribution in [0.4, 0.5) is 0 Å². The van der Waals surface area contributed by atoms with Crippen LogP contribution >= 0.6 is 11.8 Å². The molecule has 1 aliphatic rings. The fourth-order valence-electron chi connectivity index (χ4n) is 2.69. The Morgan fingerprint density at radius 2 is 2.11 bits per heavy atom. The Kier molecular flexibility index (Phi) is 5.06. The molecule has 0 amide bonds. The van der Waals surface area contributed by atoms with E-state index in [2.05, 4.69) is 17.1 Å². The van der Waals surface area contributed by atoms with E-state index in [0.717, 1.165) is 36.2 Å². The predicted molar refractivity (Wildman–Crippen MR) is 74.4 cm³/mol. The summed E-state index contributed by atoms with van der Waals surface area (Å²) in [7, 11) is 0. The second-order valence-electron chi connectivity index (χ2n) is 5.18. The van der Waals surface area contributed by atoms with E-state index in [-0.39, 0.29) is 5.41 Å². The lowest BCUT2D eigenvalue weighted by Crippen LogP contribution is -2.35. The van der Waals surface area contributed by atoms with Crippen LogP contribution in [0.15, 0.2) is 4.52 Å². The number of thioether (sulfide) groups is 1. The Bertz CT molecular complexity index is 361. The van der Waals surface area contributed by atoms with Crippen molar-refractivity contribution in [2.24, 2.45) is 11.1 Å². The molecule has 1 saturated carbocycles. The van der Waals surface area contributed by atoms with Crippen LogP contribution in [0.1, 0.15) is 50.7 Å². The lowest BCUT2D eigenvalue weighted by Gasteiger charge is -2.34. The van der Waals surface area contributed by atoms with Crippen LogP contribution in [0.5, 0.6) is 0 Å². The molecular weight excluding hydrogens is 246 g/mol.